The van der Waals surface area contributed by atoms with Gasteiger partial charge >= 0.3 is 0 Å². The summed E-state index contributed by atoms with van der Waals surface area (Å²) in [7, 11) is 0. The molecule has 1 unspecified atom stereocenters. The lowest BCUT2D eigenvalue weighted by Gasteiger charge is -2.39. The number of fused-ring (bicyclic) bond motifs is 2. The molecule has 1 atom stereocenters. The Bertz CT molecular complexity index is 765. The Labute approximate surface area is 145 Å². The average Bonchev–Trinajstić information content (AvgIpc) is 3.12. The van der Waals surface area contributed by atoms with Crippen LogP contribution in [-0.4, -0.2) is 29.3 Å². The second-order valence-electron chi connectivity index (χ2n) is 6.52. The van der Waals surface area contributed by atoms with Gasteiger partial charge in [0.05, 0.1) is 18.3 Å². The summed E-state index contributed by atoms with van der Waals surface area (Å²) >= 11 is 6.18. The lowest BCUT2D eigenvalue weighted by Crippen LogP contribution is -2.42. The van der Waals surface area contributed by atoms with E-state index >= 15 is 0 Å². The van der Waals surface area contributed by atoms with E-state index in [1.165, 1.54) is 0 Å². The molecule has 0 amide bonds. The minimum atomic E-state index is -0.485. The number of benzene rings is 1. The van der Waals surface area contributed by atoms with E-state index in [0.29, 0.717) is 10.9 Å². The standard InChI is InChI=1S/C18H19ClN2O3/c1-12-20-9-14(23-12)10-21-6-4-18(5-7-21)16-8-13(19)2-3-15(16)17(11-22)24-18/h2-3,8-9,11,17H,4-7,10H2,1H3. The maximum atomic E-state index is 11.4. The molecule has 0 saturated carbocycles. The molecule has 5 nitrogen and oxygen atoms in total. The monoisotopic (exact) mass is 346 g/mol. The summed E-state index contributed by atoms with van der Waals surface area (Å²) < 4.78 is 11.7. The van der Waals surface area contributed by atoms with Crippen LogP contribution in [0.4, 0.5) is 0 Å². The number of nitrogens with zero attached hydrogens (tertiary/aromatic N) is 2. The summed E-state index contributed by atoms with van der Waals surface area (Å²) in [6.45, 7) is 4.34. The van der Waals surface area contributed by atoms with E-state index in [1.54, 1.807) is 6.20 Å². The van der Waals surface area contributed by atoms with Gasteiger partial charge in [-0.1, -0.05) is 17.7 Å². The van der Waals surface area contributed by atoms with E-state index in [-0.39, 0.29) is 0 Å². The molecular formula is C18H19ClN2O3. The highest BCUT2D eigenvalue weighted by Crippen LogP contribution is 2.49. The molecule has 1 spiro atoms. The molecular weight excluding hydrogens is 328 g/mol. The van der Waals surface area contributed by atoms with E-state index in [4.69, 9.17) is 20.8 Å². The van der Waals surface area contributed by atoms with Gasteiger partial charge in [-0.3, -0.25) is 4.90 Å². The van der Waals surface area contributed by atoms with Crippen molar-refractivity contribution in [2.75, 3.05) is 13.1 Å². The Morgan fingerprint density at radius 2 is 2.21 bits per heavy atom. The van der Waals surface area contributed by atoms with Crippen LogP contribution in [0, 0.1) is 6.92 Å². The minimum absolute atomic E-state index is 0.403. The molecule has 2 aliphatic rings. The van der Waals surface area contributed by atoms with Crippen molar-refractivity contribution in [1.29, 1.82) is 0 Å². The highest BCUT2D eigenvalue weighted by atomic mass is 35.5. The molecule has 1 aromatic heterocycles. The van der Waals surface area contributed by atoms with Gasteiger partial charge in [0.2, 0.25) is 0 Å². The molecule has 3 heterocycles. The number of rotatable bonds is 3. The summed E-state index contributed by atoms with van der Waals surface area (Å²) in [5.74, 6) is 1.57. The molecule has 1 saturated heterocycles. The fraction of sp³-hybridized carbons (Fsp3) is 0.444. The summed E-state index contributed by atoms with van der Waals surface area (Å²) in [4.78, 5) is 17.9. The zero-order chi connectivity index (χ0) is 16.7. The van der Waals surface area contributed by atoms with E-state index in [2.05, 4.69) is 9.88 Å². The van der Waals surface area contributed by atoms with Gasteiger partial charge in [-0.05, 0) is 36.1 Å². The van der Waals surface area contributed by atoms with Gasteiger partial charge in [0, 0.05) is 25.0 Å². The van der Waals surface area contributed by atoms with Crippen molar-refractivity contribution in [2.45, 2.75) is 38.0 Å². The van der Waals surface area contributed by atoms with Crippen LogP contribution in [0.2, 0.25) is 5.02 Å². The zero-order valence-corrected chi connectivity index (χ0v) is 14.3. The molecule has 1 aromatic carbocycles. The number of hydrogen-bond donors (Lipinski definition) is 0. The number of likely N-dealkylation sites (tertiary alicyclic amines) is 1. The van der Waals surface area contributed by atoms with E-state index in [1.807, 2.05) is 25.1 Å². The second kappa shape index (κ2) is 5.99. The molecule has 6 heteroatoms. The first kappa shape index (κ1) is 15.8. The average molecular weight is 347 g/mol. The Kier molecular flexibility index (Phi) is 3.95. The molecule has 2 aromatic rings. The third-order valence-electron chi connectivity index (χ3n) is 5.00. The van der Waals surface area contributed by atoms with Crippen molar-refractivity contribution in [3.63, 3.8) is 0 Å². The van der Waals surface area contributed by atoms with Gasteiger partial charge in [-0.25, -0.2) is 4.98 Å². The van der Waals surface area contributed by atoms with Crippen LogP contribution in [0.5, 0.6) is 0 Å². The summed E-state index contributed by atoms with van der Waals surface area (Å²) in [5, 5.41) is 0.683. The predicted molar refractivity (Wildman–Crippen MR) is 88.8 cm³/mol. The number of aromatic nitrogens is 1. The van der Waals surface area contributed by atoms with E-state index in [0.717, 1.165) is 55.6 Å². The number of aryl methyl sites for hydroxylation is 1. The Hall–Kier alpha value is -1.69. The molecule has 0 N–H and O–H groups in total. The zero-order valence-electron chi connectivity index (χ0n) is 13.5. The number of aldehydes is 1. The Balaban J connectivity index is 1.52. The number of piperidine rings is 1. The lowest BCUT2D eigenvalue weighted by molar-refractivity contribution is -0.137. The minimum Gasteiger partial charge on any atom is -0.445 e. The smallest absolute Gasteiger partial charge is 0.191 e. The van der Waals surface area contributed by atoms with Gasteiger partial charge in [-0.15, -0.1) is 0 Å². The molecule has 0 aliphatic carbocycles. The normalized spacial score (nSPS) is 22.7. The number of carbonyl (C=O) groups excluding carboxylic acids is 1. The maximum Gasteiger partial charge on any atom is 0.191 e. The quantitative estimate of drug-likeness (QED) is 0.797. The van der Waals surface area contributed by atoms with Crippen LogP contribution in [-0.2, 0) is 21.7 Å². The van der Waals surface area contributed by atoms with Gasteiger partial charge < -0.3 is 13.9 Å². The van der Waals surface area contributed by atoms with Crippen LogP contribution >= 0.6 is 11.6 Å². The number of halogens is 1. The fourth-order valence-corrected chi connectivity index (χ4v) is 3.97. The van der Waals surface area contributed by atoms with Crippen molar-refractivity contribution in [1.82, 2.24) is 9.88 Å². The van der Waals surface area contributed by atoms with Crippen molar-refractivity contribution < 1.29 is 13.9 Å². The molecule has 0 bridgehead atoms. The first-order chi connectivity index (χ1) is 11.6. The Morgan fingerprint density at radius 3 is 2.88 bits per heavy atom. The molecule has 1 fully saturated rings. The first-order valence-corrected chi connectivity index (χ1v) is 8.54. The maximum absolute atomic E-state index is 11.4. The van der Waals surface area contributed by atoms with Gasteiger partial charge in [0.1, 0.15) is 11.9 Å². The molecule has 126 valence electrons. The van der Waals surface area contributed by atoms with Crippen molar-refractivity contribution in [3.8, 4) is 0 Å². The topological polar surface area (TPSA) is 55.6 Å². The highest BCUT2D eigenvalue weighted by Gasteiger charge is 2.46. The molecule has 24 heavy (non-hydrogen) atoms. The highest BCUT2D eigenvalue weighted by molar-refractivity contribution is 6.30. The SMILES string of the molecule is Cc1ncc(CN2CCC3(CC2)OC(C=O)c2ccc(Cl)cc23)o1. The second-order valence-corrected chi connectivity index (χ2v) is 6.96. The van der Waals surface area contributed by atoms with Gasteiger partial charge in [0.15, 0.2) is 12.2 Å². The van der Waals surface area contributed by atoms with Crippen LogP contribution in [0.1, 0.15) is 41.7 Å². The molecule has 0 radical (unpaired) electrons. The molecule has 4 rings (SSSR count). The lowest BCUT2D eigenvalue weighted by atomic mass is 9.83. The van der Waals surface area contributed by atoms with Crippen LogP contribution in [0.15, 0.2) is 28.8 Å². The fourth-order valence-electron chi connectivity index (χ4n) is 3.80. The number of hydrogen-bond acceptors (Lipinski definition) is 5. The number of carbonyl (C=O) groups is 1. The van der Waals surface area contributed by atoms with Crippen LogP contribution in [0.25, 0.3) is 0 Å². The third-order valence-corrected chi connectivity index (χ3v) is 5.24. The van der Waals surface area contributed by atoms with E-state index < -0.39 is 11.7 Å². The first-order valence-electron chi connectivity index (χ1n) is 8.16. The summed E-state index contributed by atoms with van der Waals surface area (Å²) in [6.07, 6.45) is 3.84. The summed E-state index contributed by atoms with van der Waals surface area (Å²) in [5.41, 5.74) is 1.62. The van der Waals surface area contributed by atoms with Gasteiger partial charge in [-0.2, -0.15) is 0 Å². The third kappa shape index (κ3) is 2.66. The van der Waals surface area contributed by atoms with Crippen LogP contribution in [0.3, 0.4) is 0 Å². The van der Waals surface area contributed by atoms with Crippen molar-refractivity contribution >= 4 is 17.9 Å². The molecule has 2 aliphatic heterocycles. The van der Waals surface area contributed by atoms with Crippen molar-refractivity contribution in [2.24, 2.45) is 0 Å². The van der Waals surface area contributed by atoms with E-state index in [9.17, 15) is 4.79 Å². The van der Waals surface area contributed by atoms with Gasteiger partial charge in [0.25, 0.3) is 0 Å². The predicted octanol–water partition coefficient (Wildman–Crippen LogP) is 3.40. The van der Waals surface area contributed by atoms with Crippen LogP contribution < -0.4 is 0 Å². The number of oxazole rings is 1. The van der Waals surface area contributed by atoms with Crippen molar-refractivity contribution in [3.05, 3.63) is 52.2 Å². The largest absolute Gasteiger partial charge is 0.445 e. The number of ether oxygens (including phenoxy) is 1. The summed E-state index contributed by atoms with van der Waals surface area (Å²) in [6, 6.07) is 5.69. The Morgan fingerprint density at radius 1 is 1.42 bits per heavy atom.